The van der Waals surface area contributed by atoms with E-state index < -0.39 is 22.3 Å². The van der Waals surface area contributed by atoms with Crippen molar-refractivity contribution in [2.24, 2.45) is 0 Å². The third-order valence-electron chi connectivity index (χ3n) is 1.74. The molecule has 0 atom stereocenters. The Morgan fingerprint density at radius 1 is 0.947 bits per heavy atom. The lowest BCUT2D eigenvalue weighted by Gasteiger charge is -2.04. The van der Waals surface area contributed by atoms with E-state index in [-0.39, 0.29) is 11.1 Å². The number of benzene rings is 1. The Hall–Kier alpha value is -1.97. The quantitative estimate of drug-likeness (QED) is 0.599. The van der Waals surface area contributed by atoms with Crippen LogP contribution in [-0.2, 0) is 19.9 Å². The van der Waals surface area contributed by atoms with E-state index in [0.717, 1.165) is 0 Å². The molecule has 19 heavy (non-hydrogen) atoms. The van der Waals surface area contributed by atoms with Gasteiger partial charge < -0.3 is 9.47 Å². The maximum Gasteiger partial charge on any atom is 0.394 e. The Labute approximate surface area is 109 Å². The number of carbonyl (C=O) groups is 2. The normalized spacial score (nSPS) is 9.89. The summed E-state index contributed by atoms with van der Waals surface area (Å²) < 4.78 is 40.6. The maximum atomic E-state index is 11.2. The van der Waals surface area contributed by atoms with Gasteiger partial charge in [0, 0.05) is 0 Å². The van der Waals surface area contributed by atoms with Crippen molar-refractivity contribution in [1.82, 2.24) is 0 Å². The van der Waals surface area contributed by atoms with Crippen molar-refractivity contribution in [1.29, 1.82) is 0 Å². The zero-order chi connectivity index (χ0) is 15.1. The van der Waals surface area contributed by atoms with Crippen LogP contribution in [0.15, 0.2) is 24.3 Å². The second kappa shape index (κ2) is 7.46. The highest BCUT2D eigenvalue weighted by molar-refractivity contribution is 7.79. The summed E-state index contributed by atoms with van der Waals surface area (Å²) in [5.74, 6) is -1.10. The van der Waals surface area contributed by atoms with E-state index >= 15 is 0 Å². The fraction of sp³-hybridized carbons (Fsp3) is 0.200. The second-order valence-corrected chi connectivity index (χ2v) is 3.87. The molecule has 0 amide bonds. The van der Waals surface area contributed by atoms with Crippen LogP contribution in [0.4, 0.5) is 0 Å². The number of esters is 2. The summed E-state index contributed by atoms with van der Waals surface area (Å²) in [6.07, 6.45) is 0. The van der Waals surface area contributed by atoms with Gasteiger partial charge in [-0.1, -0.05) is 12.1 Å². The highest BCUT2D eigenvalue weighted by atomic mass is 32.3. The van der Waals surface area contributed by atoms with Crippen LogP contribution in [0.25, 0.3) is 0 Å². The Morgan fingerprint density at radius 3 is 1.42 bits per heavy atom. The van der Waals surface area contributed by atoms with Crippen molar-refractivity contribution in [3.05, 3.63) is 35.4 Å². The van der Waals surface area contributed by atoms with Crippen LogP contribution in [0.5, 0.6) is 0 Å². The summed E-state index contributed by atoms with van der Waals surface area (Å²) in [4.78, 5) is 22.4. The van der Waals surface area contributed by atoms with Gasteiger partial charge >= 0.3 is 22.3 Å². The Balaban J connectivity index is 0.000000555. The average Bonchev–Trinajstić information content (AvgIpc) is 2.35. The summed E-state index contributed by atoms with van der Waals surface area (Å²) in [6.45, 7) is 0. The van der Waals surface area contributed by atoms with Crippen molar-refractivity contribution in [2.75, 3.05) is 14.2 Å². The third kappa shape index (κ3) is 7.13. The van der Waals surface area contributed by atoms with Gasteiger partial charge in [-0.05, 0) is 12.1 Å². The van der Waals surface area contributed by atoms with E-state index in [1.807, 2.05) is 0 Å². The van der Waals surface area contributed by atoms with Crippen LogP contribution in [0.2, 0.25) is 0 Å². The molecule has 0 aliphatic carbocycles. The molecular formula is C10H12O8S. The fourth-order valence-electron chi connectivity index (χ4n) is 1.06. The Morgan fingerprint density at radius 2 is 1.21 bits per heavy atom. The molecule has 2 N–H and O–H groups in total. The van der Waals surface area contributed by atoms with E-state index in [4.69, 9.17) is 17.5 Å². The lowest BCUT2D eigenvalue weighted by molar-refractivity contribution is 0.0555. The monoisotopic (exact) mass is 292 g/mol. The number of hydrogen-bond acceptors (Lipinski definition) is 6. The third-order valence-corrected chi connectivity index (χ3v) is 1.74. The van der Waals surface area contributed by atoms with E-state index in [9.17, 15) is 9.59 Å². The SMILES string of the molecule is COC(=O)c1ccccc1C(=O)OC.O=S(=O)(O)O. The van der Waals surface area contributed by atoms with Crippen molar-refractivity contribution in [3.8, 4) is 0 Å². The van der Waals surface area contributed by atoms with Gasteiger partial charge in [-0.2, -0.15) is 8.42 Å². The molecule has 0 aliphatic rings. The first kappa shape index (κ1) is 17.0. The maximum absolute atomic E-state index is 11.2. The molecule has 1 aromatic carbocycles. The average molecular weight is 292 g/mol. The van der Waals surface area contributed by atoms with Crippen LogP contribution in [0, 0.1) is 0 Å². The lowest BCUT2D eigenvalue weighted by atomic mass is 10.1. The molecule has 106 valence electrons. The second-order valence-electron chi connectivity index (χ2n) is 2.98. The van der Waals surface area contributed by atoms with Crippen molar-refractivity contribution in [3.63, 3.8) is 0 Å². The summed E-state index contributed by atoms with van der Waals surface area (Å²) >= 11 is 0. The van der Waals surface area contributed by atoms with E-state index in [1.165, 1.54) is 26.4 Å². The largest absolute Gasteiger partial charge is 0.465 e. The molecule has 1 aromatic rings. The number of hydrogen-bond donors (Lipinski definition) is 2. The molecule has 8 nitrogen and oxygen atoms in total. The van der Waals surface area contributed by atoms with Gasteiger partial charge in [0.2, 0.25) is 0 Å². The van der Waals surface area contributed by atoms with Gasteiger partial charge in [0.1, 0.15) is 0 Å². The van der Waals surface area contributed by atoms with Crippen molar-refractivity contribution < 1.29 is 36.6 Å². The van der Waals surface area contributed by atoms with Crippen LogP contribution < -0.4 is 0 Å². The molecule has 0 spiro atoms. The van der Waals surface area contributed by atoms with Gasteiger partial charge in [0.15, 0.2) is 0 Å². The zero-order valence-corrected chi connectivity index (χ0v) is 10.9. The molecule has 0 fully saturated rings. The Bertz CT molecular complexity index is 505. The van der Waals surface area contributed by atoms with Gasteiger partial charge in [-0.3, -0.25) is 9.11 Å². The van der Waals surface area contributed by atoms with Crippen LogP contribution in [0.1, 0.15) is 20.7 Å². The van der Waals surface area contributed by atoms with Crippen LogP contribution in [0.3, 0.4) is 0 Å². The van der Waals surface area contributed by atoms with E-state index in [2.05, 4.69) is 9.47 Å². The van der Waals surface area contributed by atoms with Crippen molar-refractivity contribution in [2.45, 2.75) is 0 Å². The van der Waals surface area contributed by atoms with Crippen LogP contribution in [-0.4, -0.2) is 43.7 Å². The van der Waals surface area contributed by atoms with Gasteiger partial charge in [-0.25, -0.2) is 9.59 Å². The minimum absolute atomic E-state index is 0.210. The first-order chi connectivity index (χ1) is 8.70. The number of ether oxygens (including phenoxy) is 2. The lowest BCUT2D eigenvalue weighted by Crippen LogP contribution is -2.11. The number of rotatable bonds is 2. The number of methoxy groups -OCH3 is 2. The summed E-state index contributed by atoms with van der Waals surface area (Å²) in [5, 5.41) is 0. The van der Waals surface area contributed by atoms with Crippen molar-refractivity contribution >= 4 is 22.3 Å². The molecule has 9 heteroatoms. The molecule has 0 heterocycles. The van der Waals surface area contributed by atoms with Gasteiger partial charge in [0.25, 0.3) is 0 Å². The Kier molecular flexibility index (Phi) is 6.69. The van der Waals surface area contributed by atoms with Gasteiger partial charge in [-0.15, -0.1) is 0 Å². The summed E-state index contributed by atoms with van der Waals surface area (Å²) in [6, 6.07) is 6.33. The number of carbonyl (C=O) groups excluding carboxylic acids is 2. The zero-order valence-electron chi connectivity index (χ0n) is 10.1. The molecule has 0 radical (unpaired) electrons. The summed E-state index contributed by atoms with van der Waals surface area (Å²) in [5.41, 5.74) is 0.420. The smallest absolute Gasteiger partial charge is 0.394 e. The molecule has 1 rings (SSSR count). The first-order valence-electron chi connectivity index (χ1n) is 4.66. The molecule has 0 aliphatic heterocycles. The minimum atomic E-state index is -4.67. The predicted molar refractivity (Wildman–Crippen MR) is 63.3 cm³/mol. The molecule has 0 saturated heterocycles. The van der Waals surface area contributed by atoms with E-state index in [1.54, 1.807) is 12.1 Å². The highest BCUT2D eigenvalue weighted by Gasteiger charge is 2.16. The minimum Gasteiger partial charge on any atom is -0.465 e. The predicted octanol–water partition coefficient (Wildman–Crippen LogP) is 0.607. The van der Waals surface area contributed by atoms with E-state index in [0.29, 0.717) is 0 Å². The van der Waals surface area contributed by atoms with Gasteiger partial charge in [0.05, 0.1) is 25.3 Å². The van der Waals surface area contributed by atoms with Crippen LogP contribution >= 0.6 is 0 Å². The highest BCUT2D eigenvalue weighted by Crippen LogP contribution is 2.10. The fourth-order valence-corrected chi connectivity index (χ4v) is 1.06. The first-order valence-corrected chi connectivity index (χ1v) is 6.06. The standard InChI is InChI=1S/C10H10O4.H2O4S/c1-13-9(11)7-5-3-4-6-8(7)10(12)14-2;1-5(2,3)4/h3-6H,1-2H3;(H2,1,2,3,4). The topological polar surface area (TPSA) is 127 Å². The molecule has 0 bridgehead atoms. The molecule has 0 unspecified atom stereocenters. The molecule has 0 saturated carbocycles. The summed E-state index contributed by atoms with van der Waals surface area (Å²) in [7, 11) is -2.15. The molecule has 0 aromatic heterocycles. The molecular weight excluding hydrogens is 280 g/mol.